The predicted molar refractivity (Wildman–Crippen MR) is 173 cm³/mol. The number of nitrogens with zero attached hydrogens (tertiary/aromatic N) is 4. The summed E-state index contributed by atoms with van der Waals surface area (Å²) in [6.45, 7) is 8.33. The topological polar surface area (TPSA) is 78.0 Å². The maximum atomic E-state index is 12.9. The SMILES string of the molecule is Cc1ccc2sc(=NC(=O)c3ccc(Oc4ccc(C(=O)N=c5sc6ccc(C)c(C)c6n5C)cc4)cc3)n(C)c2c1C. The molecule has 43 heavy (non-hydrogen) atoms. The van der Waals surface area contributed by atoms with E-state index in [9.17, 15) is 9.59 Å². The van der Waals surface area contributed by atoms with Crippen LogP contribution >= 0.6 is 22.7 Å². The minimum Gasteiger partial charge on any atom is -0.457 e. The number of rotatable bonds is 4. The van der Waals surface area contributed by atoms with Crippen LogP contribution in [0.1, 0.15) is 43.0 Å². The van der Waals surface area contributed by atoms with Gasteiger partial charge in [0.05, 0.1) is 20.4 Å². The number of aromatic nitrogens is 2. The predicted octanol–water partition coefficient (Wildman–Crippen LogP) is 7.30. The van der Waals surface area contributed by atoms with Gasteiger partial charge in [0, 0.05) is 25.2 Å². The molecule has 9 heteroatoms. The lowest BCUT2D eigenvalue weighted by molar-refractivity contribution is 0.0989. The molecule has 0 aliphatic heterocycles. The van der Waals surface area contributed by atoms with Gasteiger partial charge in [-0.25, -0.2) is 0 Å². The lowest BCUT2D eigenvalue weighted by Crippen LogP contribution is -2.13. The molecule has 0 spiro atoms. The van der Waals surface area contributed by atoms with Crippen molar-refractivity contribution in [1.82, 2.24) is 9.13 Å². The van der Waals surface area contributed by atoms with E-state index in [-0.39, 0.29) is 11.8 Å². The minimum absolute atomic E-state index is 0.313. The van der Waals surface area contributed by atoms with Crippen molar-refractivity contribution < 1.29 is 14.3 Å². The molecule has 2 aromatic heterocycles. The zero-order valence-corrected chi connectivity index (χ0v) is 26.4. The Balaban J connectivity index is 1.17. The van der Waals surface area contributed by atoms with Crippen LogP contribution in [-0.2, 0) is 14.1 Å². The third-order valence-electron chi connectivity index (χ3n) is 7.81. The molecule has 2 heterocycles. The summed E-state index contributed by atoms with van der Waals surface area (Å²) >= 11 is 3.00. The molecule has 0 atom stereocenters. The Kier molecular flexibility index (Phi) is 7.45. The van der Waals surface area contributed by atoms with Gasteiger partial charge in [0.15, 0.2) is 9.60 Å². The molecule has 216 valence electrons. The Labute approximate surface area is 256 Å². The number of benzene rings is 4. The normalized spacial score (nSPS) is 12.4. The Bertz CT molecular complexity index is 2040. The molecule has 0 unspecified atom stereocenters. The van der Waals surface area contributed by atoms with Crippen LogP contribution in [0.4, 0.5) is 0 Å². The van der Waals surface area contributed by atoms with Crippen LogP contribution in [0.25, 0.3) is 20.4 Å². The highest BCUT2D eigenvalue weighted by atomic mass is 32.1. The molecule has 2 amide bonds. The van der Waals surface area contributed by atoms with Crippen molar-refractivity contribution in [2.45, 2.75) is 27.7 Å². The second kappa shape index (κ2) is 11.2. The number of carbonyl (C=O) groups is 2. The second-order valence-corrected chi connectivity index (χ2v) is 12.6. The highest BCUT2D eigenvalue weighted by Crippen LogP contribution is 2.25. The van der Waals surface area contributed by atoms with Gasteiger partial charge in [0.2, 0.25) is 0 Å². The molecule has 0 saturated carbocycles. The van der Waals surface area contributed by atoms with E-state index in [0.29, 0.717) is 32.2 Å². The van der Waals surface area contributed by atoms with Gasteiger partial charge < -0.3 is 13.9 Å². The van der Waals surface area contributed by atoms with Crippen molar-refractivity contribution in [3.63, 3.8) is 0 Å². The quantitative estimate of drug-likeness (QED) is 0.211. The molecule has 4 aromatic carbocycles. The lowest BCUT2D eigenvalue weighted by atomic mass is 10.1. The first-order valence-corrected chi connectivity index (χ1v) is 15.4. The number of hydrogen-bond acceptors (Lipinski definition) is 5. The number of amides is 2. The Morgan fingerprint density at radius 3 is 1.33 bits per heavy atom. The summed E-state index contributed by atoms with van der Waals surface area (Å²) in [7, 11) is 3.87. The van der Waals surface area contributed by atoms with Crippen LogP contribution in [0, 0.1) is 27.7 Å². The lowest BCUT2D eigenvalue weighted by Gasteiger charge is -2.06. The Morgan fingerprint density at radius 1 is 0.581 bits per heavy atom. The molecule has 7 nitrogen and oxygen atoms in total. The standard InChI is InChI=1S/C34H30N4O3S2/c1-19-7-17-27-29(21(19)3)37(5)33(42-27)35-31(39)23-9-13-25(14-10-23)41-26-15-11-24(12-16-26)32(40)36-34-38(6)30-22(4)20(2)8-18-28(30)43-34/h7-18H,1-6H3. The van der Waals surface area contributed by atoms with Gasteiger partial charge in [-0.2, -0.15) is 9.98 Å². The number of thiazole rings is 2. The molecule has 0 aliphatic carbocycles. The van der Waals surface area contributed by atoms with Gasteiger partial charge in [-0.05, 0) is 111 Å². The van der Waals surface area contributed by atoms with Crippen LogP contribution in [0.15, 0.2) is 82.8 Å². The summed E-state index contributed by atoms with van der Waals surface area (Å²) in [5, 5.41) is 0. The fourth-order valence-corrected chi connectivity index (χ4v) is 7.19. The van der Waals surface area contributed by atoms with Crippen molar-refractivity contribution in [3.8, 4) is 11.5 Å². The third kappa shape index (κ3) is 5.37. The van der Waals surface area contributed by atoms with Crippen LogP contribution in [-0.4, -0.2) is 20.9 Å². The molecule has 0 bridgehead atoms. The summed E-state index contributed by atoms with van der Waals surface area (Å²) in [6.07, 6.45) is 0. The maximum absolute atomic E-state index is 12.9. The van der Waals surface area contributed by atoms with Gasteiger partial charge >= 0.3 is 0 Å². The van der Waals surface area contributed by atoms with Gasteiger partial charge in [0.25, 0.3) is 11.8 Å². The van der Waals surface area contributed by atoms with Crippen LogP contribution in [0.3, 0.4) is 0 Å². The summed E-state index contributed by atoms with van der Waals surface area (Å²) in [6, 6.07) is 22.1. The average Bonchev–Trinajstić information content (AvgIpc) is 3.49. The molecule has 6 rings (SSSR count). The number of carbonyl (C=O) groups excluding carboxylic acids is 2. The van der Waals surface area contributed by atoms with E-state index in [1.807, 2.05) is 23.2 Å². The number of ether oxygens (including phenoxy) is 1. The smallest absolute Gasteiger partial charge is 0.279 e. The summed E-state index contributed by atoms with van der Waals surface area (Å²) in [5.41, 5.74) is 7.93. The highest BCUT2D eigenvalue weighted by Gasteiger charge is 2.12. The zero-order valence-electron chi connectivity index (χ0n) is 24.8. The minimum atomic E-state index is -0.313. The van der Waals surface area contributed by atoms with E-state index in [0.717, 1.165) is 20.4 Å². The molecule has 6 aromatic rings. The highest BCUT2D eigenvalue weighted by molar-refractivity contribution is 7.16. The molecule has 0 radical (unpaired) electrons. The van der Waals surface area contributed by atoms with E-state index in [4.69, 9.17) is 4.74 Å². The molecule has 0 saturated heterocycles. The van der Waals surface area contributed by atoms with E-state index >= 15 is 0 Å². The van der Waals surface area contributed by atoms with Crippen molar-refractivity contribution >= 4 is 54.9 Å². The third-order valence-corrected chi connectivity index (χ3v) is 10.0. The van der Waals surface area contributed by atoms with Crippen molar-refractivity contribution in [1.29, 1.82) is 0 Å². The van der Waals surface area contributed by atoms with Gasteiger partial charge in [-0.3, -0.25) is 9.59 Å². The fraction of sp³-hybridized carbons (Fsp3) is 0.176. The number of hydrogen-bond donors (Lipinski definition) is 0. The van der Waals surface area contributed by atoms with Gasteiger partial charge in [-0.15, -0.1) is 0 Å². The van der Waals surface area contributed by atoms with E-state index in [1.54, 1.807) is 48.5 Å². The van der Waals surface area contributed by atoms with Crippen molar-refractivity contribution in [2.24, 2.45) is 24.1 Å². The molecule has 0 aliphatic rings. The van der Waals surface area contributed by atoms with Crippen molar-refractivity contribution in [3.05, 3.63) is 116 Å². The Hall–Kier alpha value is -4.60. The Morgan fingerprint density at radius 2 is 0.953 bits per heavy atom. The number of aryl methyl sites for hydroxylation is 6. The van der Waals surface area contributed by atoms with Crippen LogP contribution in [0.2, 0.25) is 0 Å². The van der Waals surface area contributed by atoms with E-state index < -0.39 is 0 Å². The average molecular weight is 607 g/mol. The van der Waals surface area contributed by atoms with E-state index in [2.05, 4.69) is 61.9 Å². The first-order valence-electron chi connectivity index (χ1n) is 13.8. The maximum Gasteiger partial charge on any atom is 0.279 e. The van der Waals surface area contributed by atoms with Crippen molar-refractivity contribution in [2.75, 3.05) is 0 Å². The van der Waals surface area contributed by atoms with Gasteiger partial charge in [0.1, 0.15) is 11.5 Å². The molecular weight excluding hydrogens is 577 g/mol. The molecule has 0 N–H and O–H groups in total. The van der Waals surface area contributed by atoms with Crippen LogP contribution < -0.4 is 14.3 Å². The van der Waals surface area contributed by atoms with E-state index in [1.165, 1.54) is 44.9 Å². The zero-order chi connectivity index (χ0) is 30.4. The fourth-order valence-electron chi connectivity index (χ4n) is 5.04. The molecular formula is C34H30N4O3S2. The summed E-state index contributed by atoms with van der Waals surface area (Å²) < 4.78 is 12.1. The van der Waals surface area contributed by atoms with Gasteiger partial charge in [-0.1, -0.05) is 34.8 Å². The van der Waals surface area contributed by atoms with Crippen LogP contribution in [0.5, 0.6) is 11.5 Å². The summed E-state index contributed by atoms with van der Waals surface area (Å²) in [5.74, 6) is 0.516. The molecule has 0 fully saturated rings. The number of fused-ring (bicyclic) bond motifs is 2. The largest absolute Gasteiger partial charge is 0.457 e. The second-order valence-electron chi connectivity index (χ2n) is 10.6. The first kappa shape index (κ1) is 28.5. The summed E-state index contributed by atoms with van der Waals surface area (Å²) in [4.78, 5) is 36.0. The monoisotopic (exact) mass is 606 g/mol. The first-order chi connectivity index (χ1) is 20.6.